The van der Waals surface area contributed by atoms with Crippen LogP contribution in [0.3, 0.4) is 0 Å². The molecule has 254 valence electrons. The minimum Gasteiger partial charge on any atom is -0.497 e. The largest absolute Gasteiger partial charge is 0.497 e. The number of carbonyl (C=O) groups excluding carboxylic acids is 5. The number of benzene rings is 1. The van der Waals surface area contributed by atoms with E-state index in [-0.39, 0.29) is 55.5 Å². The zero-order valence-corrected chi connectivity index (χ0v) is 27.1. The van der Waals surface area contributed by atoms with Crippen LogP contribution < -0.4 is 21.1 Å². The van der Waals surface area contributed by atoms with Gasteiger partial charge in [-0.15, -0.1) is 0 Å². The number of hydrogen-bond acceptors (Lipinski definition) is 10. The van der Waals surface area contributed by atoms with Gasteiger partial charge in [0, 0.05) is 25.4 Å². The number of rotatable bonds is 16. The van der Waals surface area contributed by atoms with Crippen LogP contribution in [0.4, 0.5) is 4.79 Å². The van der Waals surface area contributed by atoms with E-state index in [1.54, 1.807) is 33.1 Å². The highest BCUT2D eigenvalue weighted by Gasteiger charge is 2.50. The van der Waals surface area contributed by atoms with Crippen molar-refractivity contribution in [2.24, 2.45) is 17.6 Å². The molecular weight excluding hydrogens is 596 g/mol. The van der Waals surface area contributed by atoms with Gasteiger partial charge in [-0.3, -0.25) is 24.1 Å². The Morgan fingerprint density at radius 3 is 2.28 bits per heavy atom. The summed E-state index contributed by atoms with van der Waals surface area (Å²) in [5.74, 6) is -1.17. The Morgan fingerprint density at radius 1 is 1.04 bits per heavy atom. The average Bonchev–Trinajstić information content (AvgIpc) is 3.79. The normalized spacial score (nSPS) is 24.9. The summed E-state index contributed by atoms with van der Waals surface area (Å²) in [5.41, 5.74) is 5.05. The molecule has 0 radical (unpaired) electrons. The molecule has 13 nitrogen and oxygen atoms in total. The molecule has 0 bridgehead atoms. The third-order valence-corrected chi connectivity index (χ3v) is 9.17. The topological polar surface area (TPSA) is 179 Å². The van der Waals surface area contributed by atoms with Crippen LogP contribution in [0.1, 0.15) is 57.9 Å². The Kier molecular flexibility index (Phi) is 12.5. The van der Waals surface area contributed by atoms with Gasteiger partial charge >= 0.3 is 6.09 Å². The Morgan fingerprint density at radius 2 is 1.70 bits per heavy atom. The molecule has 4 N–H and O–H groups in total. The number of morpholine rings is 1. The zero-order valence-electron chi connectivity index (χ0n) is 27.1. The maximum Gasteiger partial charge on any atom is 0.404 e. The molecule has 1 aromatic carbocycles. The van der Waals surface area contributed by atoms with Gasteiger partial charge in [0.05, 0.1) is 45.6 Å². The van der Waals surface area contributed by atoms with Gasteiger partial charge in [-0.25, -0.2) is 4.79 Å². The third kappa shape index (κ3) is 10.5. The van der Waals surface area contributed by atoms with Gasteiger partial charge in [0.25, 0.3) is 0 Å². The number of ether oxygens (including phenoxy) is 4. The van der Waals surface area contributed by atoms with E-state index < -0.39 is 35.6 Å². The van der Waals surface area contributed by atoms with E-state index >= 15 is 0 Å². The first kappa shape index (κ1) is 35.3. The number of Topliss-reactive ketones (excluding diaryl/α,β-unsaturated/α-hetero) is 2. The number of nitrogens with zero attached hydrogens (tertiary/aromatic N) is 1. The Hall–Kier alpha value is -3.55. The van der Waals surface area contributed by atoms with Crippen molar-refractivity contribution in [3.05, 3.63) is 29.8 Å². The summed E-state index contributed by atoms with van der Waals surface area (Å²) in [6, 6.07) is 5.65. The smallest absolute Gasteiger partial charge is 0.404 e. The van der Waals surface area contributed by atoms with E-state index in [0.717, 1.165) is 5.56 Å². The van der Waals surface area contributed by atoms with Crippen LogP contribution in [-0.4, -0.2) is 105 Å². The molecule has 4 rings (SSSR count). The Balaban J connectivity index is 1.43. The van der Waals surface area contributed by atoms with Crippen LogP contribution in [0.2, 0.25) is 0 Å². The van der Waals surface area contributed by atoms with Gasteiger partial charge < -0.3 is 35.3 Å². The van der Waals surface area contributed by atoms with Gasteiger partial charge in [0.1, 0.15) is 17.5 Å². The number of carbonyl (C=O) groups is 5. The first-order chi connectivity index (χ1) is 22.0. The van der Waals surface area contributed by atoms with Gasteiger partial charge in [-0.2, -0.15) is 0 Å². The number of ketones is 2. The van der Waals surface area contributed by atoms with E-state index in [4.69, 9.17) is 24.7 Å². The first-order valence-electron chi connectivity index (χ1n) is 16.2. The molecule has 1 aliphatic carbocycles. The van der Waals surface area contributed by atoms with E-state index in [1.807, 2.05) is 17.0 Å². The van der Waals surface area contributed by atoms with Crippen molar-refractivity contribution in [3.63, 3.8) is 0 Å². The van der Waals surface area contributed by atoms with Crippen molar-refractivity contribution in [3.8, 4) is 5.75 Å². The third-order valence-electron chi connectivity index (χ3n) is 9.17. The summed E-state index contributed by atoms with van der Waals surface area (Å²) < 4.78 is 21.2. The van der Waals surface area contributed by atoms with E-state index in [0.29, 0.717) is 64.2 Å². The quantitative estimate of drug-likeness (QED) is 0.224. The summed E-state index contributed by atoms with van der Waals surface area (Å²) in [7, 11) is 1.57. The summed E-state index contributed by atoms with van der Waals surface area (Å²) in [6.07, 6.45) is 2.16. The van der Waals surface area contributed by atoms with E-state index in [9.17, 15) is 24.0 Å². The van der Waals surface area contributed by atoms with Crippen molar-refractivity contribution in [2.75, 3.05) is 46.6 Å². The molecule has 2 heterocycles. The monoisotopic (exact) mass is 644 g/mol. The number of methoxy groups -OCH3 is 1. The Bertz CT molecular complexity index is 1220. The molecule has 2 saturated heterocycles. The molecule has 0 aromatic heterocycles. The lowest BCUT2D eigenvalue weighted by atomic mass is 9.81. The lowest BCUT2D eigenvalue weighted by Gasteiger charge is -2.31. The van der Waals surface area contributed by atoms with Crippen LogP contribution >= 0.6 is 0 Å². The van der Waals surface area contributed by atoms with Crippen molar-refractivity contribution in [1.82, 2.24) is 15.5 Å². The molecule has 3 amide bonds. The van der Waals surface area contributed by atoms with Crippen LogP contribution in [0.25, 0.3) is 0 Å². The second-order valence-corrected chi connectivity index (χ2v) is 12.9. The van der Waals surface area contributed by atoms with Gasteiger partial charge in [-0.1, -0.05) is 12.1 Å². The van der Waals surface area contributed by atoms with Gasteiger partial charge in [0.2, 0.25) is 11.8 Å². The fourth-order valence-electron chi connectivity index (χ4n) is 6.18. The molecular formula is C33H48N4O9. The average molecular weight is 645 g/mol. The minimum absolute atomic E-state index is 0.118. The van der Waals surface area contributed by atoms with Gasteiger partial charge in [-0.05, 0) is 76.0 Å². The van der Waals surface area contributed by atoms with Crippen LogP contribution in [0.15, 0.2) is 24.3 Å². The first-order valence-corrected chi connectivity index (χ1v) is 16.2. The van der Waals surface area contributed by atoms with Gasteiger partial charge in [0.15, 0.2) is 11.6 Å². The molecule has 0 spiro atoms. The SMILES string of the molecule is COc1ccc(CC(CC(=O)C(C)NC(=O)CN2CCOCC2)C(=O)NC(CC2CCC(OC(N)=O)CC2)C(=O)C2(C)CO2)cc1. The number of nitrogens with one attached hydrogen (secondary N) is 2. The number of epoxide rings is 1. The highest BCUT2D eigenvalue weighted by atomic mass is 16.6. The zero-order chi connectivity index (χ0) is 33.3. The highest BCUT2D eigenvalue weighted by molar-refractivity contribution is 5.98. The van der Waals surface area contributed by atoms with Crippen molar-refractivity contribution < 1.29 is 42.9 Å². The maximum atomic E-state index is 13.9. The number of primary amides is 1. The molecule has 1 aromatic rings. The van der Waals surface area contributed by atoms with Crippen LogP contribution in [0.5, 0.6) is 5.75 Å². The molecule has 13 heteroatoms. The fourth-order valence-corrected chi connectivity index (χ4v) is 6.18. The molecule has 2 aliphatic heterocycles. The Labute approximate surface area is 270 Å². The minimum atomic E-state index is -0.954. The lowest BCUT2D eigenvalue weighted by Crippen LogP contribution is -2.50. The molecule has 3 fully saturated rings. The van der Waals surface area contributed by atoms with E-state index in [2.05, 4.69) is 10.6 Å². The van der Waals surface area contributed by atoms with Crippen LogP contribution in [0, 0.1) is 11.8 Å². The second kappa shape index (κ2) is 16.3. The molecule has 4 atom stereocenters. The maximum absolute atomic E-state index is 13.9. The van der Waals surface area contributed by atoms with E-state index in [1.165, 1.54) is 0 Å². The molecule has 46 heavy (non-hydrogen) atoms. The molecule has 1 saturated carbocycles. The fraction of sp³-hybridized carbons (Fsp3) is 0.667. The molecule has 4 unspecified atom stereocenters. The summed E-state index contributed by atoms with van der Waals surface area (Å²) in [5, 5.41) is 5.76. The number of nitrogens with two attached hydrogens (primary N) is 1. The van der Waals surface area contributed by atoms with Crippen molar-refractivity contribution in [2.45, 2.75) is 82.6 Å². The highest BCUT2D eigenvalue weighted by Crippen LogP contribution is 2.34. The number of hydrogen-bond donors (Lipinski definition) is 3. The summed E-state index contributed by atoms with van der Waals surface area (Å²) in [4.78, 5) is 66.7. The standard InChI is InChI=1S/C33H48N4O9/c1-21(35-29(39)19-37-12-14-44-15-13-37)28(38)18-24(16-22-4-8-25(43-3)9-5-22)31(41)36-27(30(40)33(2)20-45-33)17-23-6-10-26(11-7-23)46-32(34)42/h4-5,8-9,21,23-24,26-27H,6-7,10-20H2,1-3H3,(H2,34,42)(H,35,39)(H,36,41). The summed E-state index contributed by atoms with van der Waals surface area (Å²) in [6.45, 7) is 6.19. The summed E-state index contributed by atoms with van der Waals surface area (Å²) >= 11 is 0. The lowest BCUT2D eigenvalue weighted by molar-refractivity contribution is -0.135. The van der Waals surface area contributed by atoms with Crippen molar-refractivity contribution >= 4 is 29.5 Å². The van der Waals surface area contributed by atoms with Crippen molar-refractivity contribution in [1.29, 1.82) is 0 Å². The molecule has 3 aliphatic rings. The predicted molar refractivity (Wildman–Crippen MR) is 167 cm³/mol. The van der Waals surface area contributed by atoms with Crippen LogP contribution in [-0.2, 0) is 39.8 Å². The number of amides is 3. The second-order valence-electron chi connectivity index (χ2n) is 12.9. The predicted octanol–water partition coefficient (Wildman–Crippen LogP) is 1.54.